The molecule has 0 bridgehead atoms. The first kappa shape index (κ1) is 29.0. The number of hydrogen-bond acceptors (Lipinski definition) is 8. The van der Waals surface area contributed by atoms with Crippen molar-refractivity contribution >= 4 is 5.91 Å². The van der Waals surface area contributed by atoms with E-state index in [0.29, 0.717) is 11.1 Å². The van der Waals surface area contributed by atoms with Crippen molar-refractivity contribution in [1.82, 2.24) is 20.3 Å². The van der Waals surface area contributed by atoms with Gasteiger partial charge in [0.15, 0.2) is 17.5 Å². The van der Waals surface area contributed by atoms with Gasteiger partial charge in [0.2, 0.25) is 5.79 Å². The Morgan fingerprint density at radius 1 is 1.02 bits per heavy atom. The summed E-state index contributed by atoms with van der Waals surface area (Å²) in [7, 11) is 0. The highest BCUT2D eigenvalue weighted by atomic mass is 19.2. The normalized spacial score (nSPS) is 27.0. The van der Waals surface area contributed by atoms with Gasteiger partial charge < -0.3 is 30.1 Å². The van der Waals surface area contributed by atoms with Gasteiger partial charge in [-0.05, 0) is 35.7 Å². The monoisotopic (exact) mass is 596 g/mol. The summed E-state index contributed by atoms with van der Waals surface area (Å²) in [6.45, 7) is -0.608. The highest BCUT2D eigenvalue weighted by Crippen LogP contribution is 2.43. The lowest BCUT2D eigenvalue weighted by atomic mass is 9.86. The predicted molar refractivity (Wildman–Crippen MR) is 145 cm³/mol. The molecule has 1 spiro atoms. The van der Waals surface area contributed by atoms with Gasteiger partial charge in [-0.25, -0.2) is 17.9 Å². The summed E-state index contributed by atoms with van der Waals surface area (Å²) in [5, 5.41) is 43.5. The third kappa shape index (κ3) is 5.08. The number of aliphatic hydroxyl groups excluding tert-OH is 3. The third-order valence-electron chi connectivity index (χ3n) is 7.86. The van der Waals surface area contributed by atoms with Gasteiger partial charge in [-0.2, -0.15) is 0 Å². The Morgan fingerprint density at radius 3 is 2.44 bits per heavy atom. The third-order valence-corrected chi connectivity index (χ3v) is 7.86. The van der Waals surface area contributed by atoms with Crippen molar-refractivity contribution in [3.8, 4) is 22.4 Å². The van der Waals surface area contributed by atoms with E-state index in [1.54, 1.807) is 12.1 Å². The average Bonchev–Trinajstić information content (AvgIpc) is 3.66. The average molecular weight is 597 g/mol. The summed E-state index contributed by atoms with van der Waals surface area (Å²) >= 11 is 0. The second kappa shape index (κ2) is 11.5. The summed E-state index contributed by atoms with van der Waals surface area (Å²) < 4.78 is 54.1. The smallest absolute Gasteiger partial charge is 0.252 e. The fourth-order valence-corrected chi connectivity index (χ4v) is 5.73. The minimum absolute atomic E-state index is 0.0695. The number of amides is 1. The molecule has 2 fully saturated rings. The van der Waals surface area contributed by atoms with E-state index in [0.717, 1.165) is 22.4 Å². The van der Waals surface area contributed by atoms with Crippen LogP contribution in [0.3, 0.4) is 0 Å². The first-order valence-electron chi connectivity index (χ1n) is 13.5. The highest BCUT2D eigenvalue weighted by molar-refractivity contribution is 6.01. The van der Waals surface area contributed by atoms with Crippen LogP contribution in [0, 0.1) is 17.5 Å². The molecule has 10 nitrogen and oxygen atoms in total. The Hall–Kier alpha value is -4.14. The summed E-state index contributed by atoms with van der Waals surface area (Å²) in [5.74, 6) is -6.87. The van der Waals surface area contributed by atoms with Gasteiger partial charge in [-0.1, -0.05) is 53.7 Å². The zero-order chi connectivity index (χ0) is 30.3. The first-order valence-corrected chi connectivity index (χ1v) is 13.5. The Labute approximate surface area is 243 Å². The fourth-order valence-electron chi connectivity index (χ4n) is 5.73. The summed E-state index contributed by atoms with van der Waals surface area (Å²) in [5.41, 5.74) is 1.67. The molecule has 0 saturated carbocycles. The van der Waals surface area contributed by atoms with Crippen LogP contribution < -0.4 is 5.32 Å². The molecule has 4 aromatic rings. The molecule has 0 aliphatic carbocycles. The molecular formula is C30H27F3N4O6. The van der Waals surface area contributed by atoms with Crippen LogP contribution >= 0.6 is 0 Å². The van der Waals surface area contributed by atoms with Crippen molar-refractivity contribution in [2.24, 2.45) is 0 Å². The molecule has 1 amide bonds. The number of ether oxygens (including phenoxy) is 2. The van der Waals surface area contributed by atoms with Gasteiger partial charge in [0.25, 0.3) is 5.91 Å². The summed E-state index contributed by atoms with van der Waals surface area (Å²) in [6, 6.07) is 15.6. The van der Waals surface area contributed by atoms with E-state index in [9.17, 15) is 33.3 Å². The Bertz CT molecular complexity index is 1620. The van der Waals surface area contributed by atoms with Crippen molar-refractivity contribution in [3.05, 3.63) is 95.9 Å². The van der Waals surface area contributed by atoms with Gasteiger partial charge in [-0.3, -0.25) is 4.79 Å². The molecule has 0 unspecified atom stereocenters. The van der Waals surface area contributed by atoms with E-state index < -0.39 is 66.1 Å². The molecule has 3 heterocycles. The summed E-state index contributed by atoms with van der Waals surface area (Å²) in [6.07, 6.45) is -3.06. The lowest BCUT2D eigenvalue weighted by molar-refractivity contribution is -0.344. The number of aromatic nitrogens is 3. The van der Waals surface area contributed by atoms with Crippen LogP contribution in [0.4, 0.5) is 13.2 Å². The quantitative estimate of drug-likeness (QED) is 0.249. The van der Waals surface area contributed by atoms with E-state index in [-0.39, 0.29) is 24.3 Å². The zero-order valence-corrected chi connectivity index (χ0v) is 22.5. The van der Waals surface area contributed by atoms with Crippen LogP contribution in [0.5, 0.6) is 0 Å². The largest absolute Gasteiger partial charge is 0.394 e. The number of carbonyl (C=O) groups is 1. The van der Waals surface area contributed by atoms with Crippen molar-refractivity contribution in [2.45, 2.75) is 42.6 Å². The molecule has 224 valence electrons. The van der Waals surface area contributed by atoms with Crippen LogP contribution in [-0.4, -0.2) is 79.6 Å². The molecule has 4 N–H and O–H groups in total. The number of hydrogen-bond donors (Lipinski definition) is 4. The number of nitrogens with one attached hydrogen (secondary N) is 1. The van der Waals surface area contributed by atoms with Crippen LogP contribution in [0.25, 0.3) is 22.4 Å². The van der Waals surface area contributed by atoms with Crippen molar-refractivity contribution < 1.29 is 42.8 Å². The molecule has 13 heteroatoms. The Balaban J connectivity index is 1.31. The molecule has 0 radical (unpaired) electrons. The van der Waals surface area contributed by atoms with E-state index in [2.05, 4.69) is 15.6 Å². The number of rotatable bonds is 6. The van der Waals surface area contributed by atoms with Crippen molar-refractivity contribution in [1.29, 1.82) is 0 Å². The zero-order valence-electron chi connectivity index (χ0n) is 22.5. The summed E-state index contributed by atoms with van der Waals surface area (Å²) in [4.78, 5) is 13.6. The first-order chi connectivity index (χ1) is 20.7. The fraction of sp³-hybridized carbons (Fsp3) is 0.300. The molecule has 6 rings (SSSR count). The molecule has 2 saturated heterocycles. The lowest BCUT2D eigenvalue weighted by Crippen LogP contribution is -2.69. The lowest BCUT2D eigenvalue weighted by Gasteiger charge is -2.49. The predicted octanol–water partition coefficient (Wildman–Crippen LogP) is 2.60. The van der Waals surface area contributed by atoms with Crippen molar-refractivity contribution in [3.63, 3.8) is 0 Å². The van der Waals surface area contributed by atoms with Crippen LogP contribution in [-0.2, 0) is 9.47 Å². The molecule has 1 aromatic heterocycles. The number of halogens is 3. The van der Waals surface area contributed by atoms with E-state index in [4.69, 9.17) is 9.47 Å². The van der Waals surface area contributed by atoms with Gasteiger partial charge >= 0.3 is 0 Å². The maximum Gasteiger partial charge on any atom is 0.252 e. The topological polar surface area (TPSA) is 139 Å². The maximum absolute atomic E-state index is 13.9. The Kier molecular flexibility index (Phi) is 7.75. The number of nitrogens with zero attached hydrogens (tertiary/aromatic N) is 3. The maximum atomic E-state index is 13.9. The van der Waals surface area contributed by atoms with Gasteiger partial charge in [0.1, 0.15) is 30.0 Å². The second-order valence-corrected chi connectivity index (χ2v) is 10.4. The van der Waals surface area contributed by atoms with E-state index in [1.165, 1.54) is 6.20 Å². The van der Waals surface area contributed by atoms with E-state index in [1.807, 2.05) is 42.5 Å². The molecule has 3 aromatic carbocycles. The van der Waals surface area contributed by atoms with Crippen LogP contribution in [0.2, 0.25) is 0 Å². The van der Waals surface area contributed by atoms with Gasteiger partial charge in [0.05, 0.1) is 25.5 Å². The van der Waals surface area contributed by atoms with Crippen molar-refractivity contribution in [2.75, 3.05) is 13.2 Å². The molecule has 2 aliphatic heterocycles. The standard InChI is InChI=1S/C30H27F3N4O6/c31-20-12-17(13-21(32)25(20)33)22-14-37(36-35-22)26-27(39)23(15-38)43-30(28(26)40)24(10-11-42-30)34-29(41)19-9-5-4-8-18(19)16-6-2-1-3-7-16/h1-9,12-14,23-24,26-28,38-40H,10-11,15H2,(H,34,41)/t23-,24-,26+,27+,28-,30+/m1/s1. The molecular weight excluding hydrogens is 569 g/mol. The second-order valence-electron chi connectivity index (χ2n) is 10.4. The van der Waals surface area contributed by atoms with Crippen LogP contribution in [0.15, 0.2) is 72.9 Å². The highest BCUT2D eigenvalue weighted by Gasteiger charge is 2.62. The number of aliphatic hydroxyl groups is 3. The number of carbonyl (C=O) groups excluding carboxylic acids is 1. The molecule has 43 heavy (non-hydrogen) atoms. The van der Waals surface area contributed by atoms with Crippen LogP contribution in [0.1, 0.15) is 22.8 Å². The van der Waals surface area contributed by atoms with Gasteiger partial charge in [-0.15, -0.1) is 5.10 Å². The van der Waals surface area contributed by atoms with E-state index >= 15 is 0 Å². The van der Waals surface area contributed by atoms with Gasteiger partial charge in [0, 0.05) is 11.1 Å². The SMILES string of the molecule is O=C(N[C@@H]1CCO[C@]12O[C@H](CO)[C@H](O)[C@H](n1cc(-c3cc(F)c(F)c(F)c3)nn1)[C@H]2O)c1ccccc1-c1ccccc1. The minimum atomic E-state index is -1.91. The molecule has 6 atom stereocenters. The minimum Gasteiger partial charge on any atom is -0.394 e. The number of benzene rings is 3. The Morgan fingerprint density at radius 2 is 1.72 bits per heavy atom. The molecule has 2 aliphatic rings.